The van der Waals surface area contributed by atoms with Gasteiger partial charge in [0.25, 0.3) is 5.91 Å². The van der Waals surface area contributed by atoms with Gasteiger partial charge in [-0.2, -0.15) is 0 Å². The van der Waals surface area contributed by atoms with E-state index in [1.165, 1.54) is 0 Å². The third kappa shape index (κ3) is 2.56. The van der Waals surface area contributed by atoms with Gasteiger partial charge in [-0.15, -0.1) is 0 Å². The van der Waals surface area contributed by atoms with Crippen LogP contribution in [0.2, 0.25) is 0 Å². The molecule has 5 heteroatoms. The first-order valence-electron chi connectivity index (χ1n) is 7.64. The van der Waals surface area contributed by atoms with Crippen molar-refractivity contribution >= 4 is 12.0 Å². The molecule has 2 aliphatic rings. The Kier molecular flexibility index (Phi) is 3.38. The summed E-state index contributed by atoms with van der Waals surface area (Å²) in [5.41, 5.74) is 2.27. The highest BCUT2D eigenvalue weighted by atomic mass is 16.6. The van der Waals surface area contributed by atoms with Crippen LogP contribution in [-0.4, -0.2) is 41.6 Å². The summed E-state index contributed by atoms with van der Waals surface area (Å²) in [5.74, 6) is 0.0977. The summed E-state index contributed by atoms with van der Waals surface area (Å²) in [5, 5.41) is 3.03. The quantitative estimate of drug-likeness (QED) is 0.801. The molecule has 0 bridgehead atoms. The SMILES string of the molecule is Cc1cccc2c1C(=O)NC1CN(C(=O)OC(C)(C)C)CC21. The average Bonchev–Trinajstić information content (AvgIpc) is 2.81. The third-order valence-corrected chi connectivity index (χ3v) is 4.22. The first kappa shape index (κ1) is 14.9. The lowest BCUT2D eigenvalue weighted by Gasteiger charge is -2.28. The second kappa shape index (κ2) is 5.00. The topological polar surface area (TPSA) is 58.6 Å². The minimum absolute atomic E-state index is 0.0330. The molecule has 2 amide bonds. The standard InChI is InChI=1S/C17H22N2O3/c1-10-6-5-7-11-12-8-19(16(21)22-17(2,3)4)9-13(12)18-15(20)14(10)11/h5-7,12-13H,8-9H2,1-4H3,(H,18,20). The van der Waals surface area contributed by atoms with Gasteiger partial charge in [-0.3, -0.25) is 4.79 Å². The van der Waals surface area contributed by atoms with Gasteiger partial charge in [0.05, 0.1) is 6.04 Å². The van der Waals surface area contributed by atoms with Crippen molar-refractivity contribution in [2.75, 3.05) is 13.1 Å². The Morgan fingerprint density at radius 1 is 1.32 bits per heavy atom. The Hall–Kier alpha value is -2.04. The van der Waals surface area contributed by atoms with Crippen molar-refractivity contribution in [3.63, 3.8) is 0 Å². The molecule has 118 valence electrons. The fourth-order valence-corrected chi connectivity index (χ4v) is 3.29. The van der Waals surface area contributed by atoms with E-state index >= 15 is 0 Å². The minimum atomic E-state index is -0.511. The average molecular weight is 302 g/mol. The monoisotopic (exact) mass is 302 g/mol. The highest BCUT2D eigenvalue weighted by Crippen LogP contribution is 2.35. The van der Waals surface area contributed by atoms with E-state index in [-0.39, 0.29) is 24.0 Å². The van der Waals surface area contributed by atoms with E-state index < -0.39 is 5.60 Å². The van der Waals surface area contributed by atoms with Crippen LogP contribution in [0.25, 0.3) is 0 Å². The van der Waals surface area contributed by atoms with Gasteiger partial charge in [0.1, 0.15) is 5.60 Å². The molecule has 2 unspecified atom stereocenters. The molecule has 22 heavy (non-hydrogen) atoms. The Labute approximate surface area is 130 Å². The van der Waals surface area contributed by atoms with Crippen molar-refractivity contribution in [1.82, 2.24) is 10.2 Å². The van der Waals surface area contributed by atoms with Gasteiger partial charge in [0.15, 0.2) is 0 Å². The van der Waals surface area contributed by atoms with Crippen LogP contribution in [0.4, 0.5) is 4.79 Å². The number of carbonyl (C=O) groups is 2. The van der Waals surface area contributed by atoms with E-state index in [4.69, 9.17) is 4.74 Å². The molecule has 1 aromatic rings. The second-order valence-corrected chi connectivity index (χ2v) is 7.11. The lowest BCUT2D eigenvalue weighted by atomic mass is 9.84. The Morgan fingerprint density at radius 3 is 2.73 bits per heavy atom. The van der Waals surface area contributed by atoms with Crippen LogP contribution in [0.5, 0.6) is 0 Å². The number of amides is 2. The van der Waals surface area contributed by atoms with Crippen molar-refractivity contribution in [3.05, 3.63) is 34.9 Å². The molecule has 1 aromatic carbocycles. The van der Waals surface area contributed by atoms with Crippen LogP contribution < -0.4 is 5.32 Å². The molecular weight excluding hydrogens is 280 g/mol. The van der Waals surface area contributed by atoms with Gasteiger partial charge in [0, 0.05) is 24.6 Å². The van der Waals surface area contributed by atoms with Crippen LogP contribution in [0, 0.1) is 6.92 Å². The molecule has 1 saturated heterocycles. The largest absolute Gasteiger partial charge is 0.444 e. The molecule has 2 aliphatic heterocycles. The van der Waals surface area contributed by atoms with Gasteiger partial charge in [-0.1, -0.05) is 18.2 Å². The number of likely N-dealkylation sites (tertiary alicyclic amines) is 1. The molecule has 2 heterocycles. The summed E-state index contributed by atoms with van der Waals surface area (Å²) in [6, 6.07) is 5.88. The van der Waals surface area contributed by atoms with E-state index in [1.54, 1.807) is 4.90 Å². The van der Waals surface area contributed by atoms with Crippen LogP contribution in [0.3, 0.4) is 0 Å². The molecule has 1 N–H and O–H groups in total. The summed E-state index contributed by atoms with van der Waals surface area (Å²) in [6.07, 6.45) is -0.314. The van der Waals surface area contributed by atoms with Crippen LogP contribution in [-0.2, 0) is 4.74 Å². The van der Waals surface area contributed by atoms with Gasteiger partial charge >= 0.3 is 6.09 Å². The highest BCUT2D eigenvalue weighted by molar-refractivity contribution is 5.99. The second-order valence-electron chi connectivity index (χ2n) is 7.11. The van der Waals surface area contributed by atoms with Gasteiger partial charge in [-0.05, 0) is 38.8 Å². The van der Waals surface area contributed by atoms with Crippen LogP contribution >= 0.6 is 0 Å². The van der Waals surface area contributed by atoms with Gasteiger partial charge in [0.2, 0.25) is 0 Å². The van der Waals surface area contributed by atoms with Crippen LogP contribution in [0.15, 0.2) is 18.2 Å². The first-order chi connectivity index (χ1) is 10.3. The number of nitrogens with zero attached hydrogens (tertiary/aromatic N) is 1. The summed E-state index contributed by atoms with van der Waals surface area (Å²) in [4.78, 5) is 26.3. The van der Waals surface area contributed by atoms with Crippen LogP contribution in [0.1, 0.15) is 48.2 Å². The van der Waals surface area contributed by atoms with Crippen molar-refractivity contribution in [2.45, 2.75) is 45.3 Å². The van der Waals surface area contributed by atoms with Crippen molar-refractivity contribution in [2.24, 2.45) is 0 Å². The number of nitrogens with one attached hydrogen (secondary N) is 1. The molecule has 0 radical (unpaired) electrons. The number of rotatable bonds is 0. The summed E-state index contributed by atoms with van der Waals surface area (Å²) in [7, 11) is 0. The lowest BCUT2D eigenvalue weighted by Crippen LogP contribution is -2.45. The Morgan fingerprint density at radius 2 is 2.05 bits per heavy atom. The number of hydrogen-bond acceptors (Lipinski definition) is 3. The molecule has 0 aliphatic carbocycles. The number of ether oxygens (including phenoxy) is 1. The number of fused-ring (bicyclic) bond motifs is 3. The predicted octanol–water partition coefficient (Wildman–Crippen LogP) is 2.44. The molecule has 5 nitrogen and oxygen atoms in total. The number of carbonyl (C=O) groups excluding carboxylic acids is 2. The van der Waals surface area contributed by atoms with Crippen molar-refractivity contribution in [1.29, 1.82) is 0 Å². The fraction of sp³-hybridized carbons (Fsp3) is 0.529. The van der Waals surface area contributed by atoms with Gasteiger partial charge in [-0.25, -0.2) is 4.79 Å². The van der Waals surface area contributed by atoms with E-state index in [1.807, 2.05) is 45.9 Å². The molecular formula is C17H22N2O3. The maximum absolute atomic E-state index is 12.3. The molecule has 1 fully saturated rings. The number of hydrogen-bond donors (Lipinski definition) is 1. The van der Waals surface area contributed by atoms with E-state index in [2.05, 4.69) is 5.32 Å². The van der Waals surface area contributed by atoms with E-state index in [0.717, 1.165) is 16.7 Å². The summed E-state index contributed by atoms with van der Waals surface area (Å²) in [6.45, 7) is 8.59. The highest BCUT2D eigenvalue weighted by Gasteiger charge is 2.43. The first-order valence-corrected chi connectivity index (χ1v) is 7.64. The van der Waals surface area contributed by atoms with Crippen molar-refractivity contribution in [3.8, 4) is 0 Å². The summed E-state index contributed by atoms with van der Waals surface area (Å²) >= 11 is 0. The molecule has 0 saturated carbocycles. The lowest BCUT2D eigenvalue weighted by molar-refractivity contribution is 0.0288. The Balaban J connectivity index is 1.85. The zero-order chi connectivity index (χ0) is 16.1. The maximum Gasteiger partial charge on any atom is 0.410 e. The Bertz CT molecular complexity index is 633. The van der Waals surface area contributed by atoms with Crippen molar-refractivity contribution < 1.29 is 14.3 Å². The zero-order valence-corrected chi connectivity index (χ0v) is 13.5. The predicted molar refractivity (Wildman–Crippen MR) is 83.0 cm³/mol. The summed E-state index contributed by atoms with van der Waals surface area (Å²) < 4.78 is 5.44. The third-order valence-electron chi connectivity index (χ3n) is 4.22. The molecule has 2 atom stereocenters. The molecule has 0 spiro atoms. The van der Waals surface area contributed by atoms with E-state index in [0.29, 0.717) is 13.1 Å². The minimum Gasteiger partial charge on any atom is -0.444 e. The van der Waals surface area contributed by atoms with E-state index in [9.17, 15) is 9.59 Å². The molecule has 0 aromatic heterocycles. The molecule has 3 rings (SSSR count). The maximum atomic E-state index is 12.3. The number of benzene rings is 1. The zero-order valence-electron chi connectivity index (χ0n) is 13.5. The number of aryl methyl sites for hydroxylation is 1. The smallest absolute Gasteiger partial charge is 0.410 e. The van der Waals surface area contributed by atoms with Gasteiger partial charge < -0.3 is 15.0 Å². The fourth-order valence-electron chi connectivity index (χ4n) is 3.29. The normalized spacial score (nSPS) is 23.6.